The number of carbonyl (C=O) groups is 1. The molecule has 0 saturated heterocycles. The highest BCUT2D eigenvalue weighted by Gasteiger charge is 2.35. The molecular formula is C16H25NO4. The van der Waals surface area contributed by atoms with E-state index in [0.717, 1.165) is 12.0 Å². The molecule has 0 fully saturated rings. The summed E-state index contributed by atoms with van der Waals surface area (Å²) in [5.41, 5.74) is -0.117. The number of benzene rings is 1. The Labute approximate surface area is 126 Å². The zero-order valence-electron chi connectivity index (χ0n) is 13.0. The Morgan fingerprint density at radius 3 is 2.76 bits per heavy atom. The Balaban J connectivity index is 2.73. The molecule has 2 N–H and O–H groups in total. The molecule has 5 nitrogen and oxygen atoms in total. The third kappa shape index (κ3) is 5.36. The second kappa shape index (κ2) is 8.64. The fourth-order valence-electron chi connectivity index (χ4n) is 1.83. The van der Waals surface area contributed by atoms with Crippen LogP contribution in [0.5, 0.6) is 5.75 Å². The Hall–Kier alpha value is -1.59. The van der Waals surface area contributed by atoms with Crippen molar-refractivity contribution in [3.05, 3.63) is 29.8 Å². The van der Waals surface area contributed by atoms with E-state index in [0.29, 0.717) is 18.9 Å². The summed E-state index contributed by atoms with van der Waals surface area (Å²) >= 11 is 0. The summed E-state index contributed by atoms with van der Waals surface area (Å²) in [7, 11) is 0. The molecule has 0 radical (unpaired) electrons. The van der Waals surface area contributed by atoms with Crippen molar-refractivity contribution in [3.63, 3.8) is 0 Å². The zero-order chi connectivity index (χ0) is 15.7. The standard InChI is InChI=1S/C16H25NO4/c1-4-9-17-16(3,15(19)20-5-2)12-21-14-8-6-7-13(10-14)11-18/h6-8,10,17-18H,4-5,9,11-12H2,1-3H3. The Bertz CT molecular complexity index is 450. The number of hydrogen-bond donors (Lipinski definition) is 2. The van der Waals surface area contributed by atoms with Gasteiger partial charge in [-0.3, -0.25) is 5.32 Å². The van der Waals surface area contributed by atoms with Crippen molar-refractivity contribution >= 4 is 5.97 Å². The van der Waals surface area contributed by atoms with Crippen molar-refractivity contribution in [3.8, 4) is 5.75 Å². The van der Waals surface area contributed by atoms with Crippen LogP contribution in [0.15, 0.2) is 24.3 Å². The summed E-state index contributed by atoms with van der Waals surface area (Å²) in [5.74, 6) is 0.298. The third-order valence-corrected chi connectivity index (χ3v) is 3.10. The first-order valence-corrected chi connectivity index (χ1v) is 7.30. The number of nitrogens with one attached hydrogen (secondary N) is 1. The smallest absolute Gasteiger partial charge is 0.329 e. The maximum atomic E-state index is 12.1. The first-order chi connectivity index (χ1) is 10.1. The number of carbonyl (C=O) groups excluding carboxylic acids is 1. The van der Waals surface area contributed by atoms with Crippen LogP contribution in [0.4, 0.5) is 0 Å². The van der Waals surface area contributed by atoms with Gasteiger partial charge in [0.05, 0.1) is 13.2 Å². The topological polar surface area (TPSA) is 67.8 Å². The molecule has 1 aromatic rings. The normalized spacial score (nSPS) is 13.5. The maximum absolute atomic E-state index is 12.1. The van der Waals surface area contributed by atoms with E-state index in [1.54, 1.807) is 26.0 Å². The summed E-state index contributed by atoms with van der Waals surface area (Å²) in [6, 6.07) is 7.17. The van der Waals surface area contributed by atoms with Crippen molar-refractivity contribution in [1.82, 2.24) is 5.32 Å². The van der Waals surface area contributed by atoms with Gasteiger partial charge >= 0.3 is 5.97 Å². The van der Waals surface area contributed by atoms with E-state index in [9.17, 15) is 4.79 Å². The van der Waals surface area contributed by atoms with Crippen LogP contribution in [-0.2, 0) is 16.1 Å². The van der Waals surface area contributed by atoms with Gasteiger partial charge in [-0.25, -0.2) is 4.79 Å². The van der Waals surface area contributed by atoms with Gasteiger partial charge in [0.15, 0.2) is 0 Å². The van der Waals surface area contributed by atoms with Crippen LogP contribution in [0.1, 0.15) is 32.8 Å². The quantitative estimate of drug-likeness (QED) is 0.681. The van der Waals surface area contributed by atoms with E-state index in [1.165, 1.54) is 0 Å². The molecule has 0 bridgehead atoms. The van der Waals surface area contributed by atoms with E-state index in [2.05, 4.69) is 5.32 Å². The number of aliphatic hydroxyl groups is 1. The second-order valence-electron chi connectivity index (χ2n) is 5.07. The van der Waals surface area contributed by atoms with E-state index >= 15 is 0 Å². The molecule has 0 aromatic heterocycles. The van der Waals surface area contributed by atoms with E-state index in [4.69, 9.17) is 14.6 Å². The molecule has 5 heteroatoms. The van der Waals surface area contributed by atoms with Gasteiger partial charge in [0.1, 0.15) is 17.9 Å². The lowest BCUT2D eigenvalue weighted by Crippen LogP contribution is -2.55. The van der Waals surface area contributed by atoms with Crippen LogP contribution < -0.4 is 10.1 Å². The lowest BCUT2D eigenvalue weighted by molar-refractivity contribution is -0.151. The zero-order valence-corrected chi connectivity index (χ0v) is 13.0. The largest absolute Gasteiger partial charge is 0.491 e. The highest BCUT2D eigenvalue weighted by atomic mass is 16.5. The highest BCUT2D eigenvalue weighted by molar-refractivity contribution is 5.80. The van der Waals surface area contributed by atoms with E-state index < -0.39 is 5.54 Å². The molecule has 0 saturated carbocycles. The minimum absolute atomic E-state index is 0.0412. The van der Waals surface area contributed by atoms with Gasteiger partial charge in [-0.15, -0.1) is 0 Å². The van der Waals surface area contributed by atoms with Crippen LogP contribution in [-0.4, -0.2) is 36.4 Å². The van der Waals surface area contributed by atoms with Gasteiger partial charge in [-0.1, -0.05) is 19.1 Å². The summed E-state index contributed by atoms with van der Waals surface area (Å²) in [4.78, 5) is 12.1. The Morgan fingerprint density at radius 2 is 2.14 bits per heavy atom. The first kappa shape index (κ1) is 17.5. The molecule has 0 aliphatic rings. The maximum Gasteiger partial charge on any atom is 0.329 e. The number of esters is 1. The van der Waals surface area contributed by atoms with Crippen LogP contribution in [0.3, 0.4) is 0 Å². The number of aliphatic hydroxyl groups excluding tert-OH is 1. The molecule has 118 valence electrons. The lowest BCUT2D eigenvalue weighted by atomic mass is 10.0. The third-order valence-electron chi connectivity index (χ3n) is 3.10. The van der Waals surface area contributed by atoms with E-state index in [-0.39, 0.29) is 19.2 Å². The van der Waals surface area contributed by atoms with E-state index in [1.807, 2.05) is 19.1 Å². The molecular weight excluding hydrogens is 270 g/mol. The number of hydrogen-bond acceptors (Lipinski definition) is 5. The average molecular weight is 295 g/mol. The fourth-order valence-corrected chi connectivity index (χ4v) is 1.83. The number of rotatable bonds is 9. The van der Waals surface area contributed by atoms with Crippen molar-refractivity contribution in [2.24, 2.45) is 0 Å². The number of ether oxygens (including phenoxy) is 2. The molecule has 1 aromatic carbocycles. The lowest BCUT2D eigenvalue weighted by Gasteiger charge is -2.28. The molecule has 0 heterocycles. The summed E-state index contributed by atoms with van der Waals surface area (Å²) < 4.78 is 10.8. The second-order valence-corrected chi connectivity index (χ2v) is 5.07. The molecule has 1 atom stereocenters. The molecule has 21 heavy (non-hydrogen) atoms. The van der Waals surface area contributed by atoms with Crippen molar-refractivity contribution in [2.45, 2.75) is 39.3 Å². The highest BCUT2D eigenvalue weighted by Crippen LogP contribution is 2.16. The van der Waals surface area contributed by atoms with Crippen molar-refractivity contribution in [1.29, 1.82) is 0 Å². The Kier molecular flexibility index (Phi) is 7.19. The van der Waals surface area contributed by atoms with Gasteiger partial charge in [-0.2, -0.15) is 0 Å². The minimum Gasteiger partial charge on any atom is -0.491 e. The molecule has 1 unspecified atom stereocenters. The monoisotopic (exact) mass is 295 g/mol. The van der Waals surface area contributed by atoms with Crippen LogP contribution in [0, 0.1) is 0 Å². The van der Waals surface area contributed by atoms with Gasteiger partial charge in [0.2, 0.25) is 0 Å². The predicted molar refractivity (Wildman–Crippen MR) is 81.2 cm³/mol. The molecule has 0 spiro atoms. The predicted octanol–water partition coefficient (Wildman–Crippen LogP) is 1.88. The van der Waals surface area contributed by atoms with Crippen LogP contribution >= 0.6 is 0 Å². The average Bonchev–Trinajstić information content (AvgIpc) is 2.51. The molecule has 1 rings (SSSR count). The summed E-state index contributed by atoms with van der Waals surface area (Å²) in [6.45, 7) is 6.75. The van der Waals surface area contributed by atoms with Gasteiger partial charge < -0.3 is 14.6 Å². The van der Waals surface area contributed by atoms with Gasteiger partial charge in [0.25, 0.3) is 0 Å². The fraction of sp³-hybridized carbons (Fsp3) is 0.562. The summed E-state index contributed by atoms with van der Waals surface area (Å²) in [5, 5.41) is 12.3. The Morgan fingerprint density at radius 1 is 1.38 bits per heavy atom. The van der Waals surface area contributed by atoms with Crippen LogP contribution in [0.2, 0.25) is 0 Å². The summed E-state index contributed by atoms with van der Waals surface area (Å²) in [6.07, 6.45) is 0.912. The van der Waals surface area contributed by atoms with Crippen molar-refractivity contribution < 1.29 is 19.4 Å². The molecule has 0 amide bonds. The minimum atomic E-state index is -0.888. The van der Waals surface area contributed by atoms with Crippen molar-refractivity contribution in [2.75, 3.05) is 19.8 Å². The first-order valence-electron chi connectivity index (χ1n) is 7.30. The SMILES string of the molecule is CCCNC(C)(COc1cccc(CO)c1)C(=O)OCC. The van der Waals surface area contributed by atoms with Crippen LogP contribution in [0.25, 0.3) is 0 Å². The van der Waals surface area contributed by atoms with Gasteiger partial charge in [0, 0.05) is 0 Å². The molecule has 0 aliphatic heterocycles. The molecule has 0 aliphatic carbocycles. The van der Waals surface area contributed by atoms with Gasteiger partial charge in [-0.05, 0) is 44.5 Å².